The van der Waals surface area contributed by atoms with Crippen LogP contribution in [0.1, 0.15) is 49.3 Å². The number of benzene rings is 1. The van der Waals surface area contributed by atoms with Gasteiger partial charge in [-0.25, -0.2) is 0 Å². The Labute approximate surface area is 124 Å². The van der Waals surface area contributed by atoms with Gasteiger partial charge < -0.3 is 5.73 Å². The fraction of sp³-hybridized carbons (Fsp3) is 0.667. The Bertz CT molecular complexity index is 427. The fourth-order valence-electron chi connectivity index (χ4n) is 3.54. The van der Waals surface area contributed by atoms with Crippen molar-refractivity contribution in [2.45, 2.75) is 59.0 Å². The van der Waals surface area contributed by atoms with Crippen LogP contribution < -0.4 is 5.73 Å². The average molecular weight is 274 g/mol. The molecule has 1 fully saturated rings. The lowest BCUT2D eigenvalue weighted by Gasteiger charge is -2.39. The molecule has 1 aliphatic rings. The Morgan fingerprint density at radius 2 is 1.90 bits per heavy atom. The maximum absolute atomic E-state index is 6.00. The highest BCUT2D eigenvalue weighted by Gasteiger charge is 2.28. The maximum atomic E-state index is 6.00. The predicted octanol–water partition coefficient (Wildman–Crippen LogP) is 3.64. The van der Waals surface area contributed by atoms with Crippen molar-refractivity contribution < 1.29 is 0 Å². The van der Waals surface area contributed by atoms with Gasteiger partial charge in [0, 0.05) is 12.6 Å². The van der Waals surface area contributed by atoms with E-state index >= 15 is 0 Å². The third kappa shape index (κ3) is 3.62. The molecule has 0 bridgehead atoms. The molecule has 1 aliphatic carbocycles. The fourth-order valence-corrected chi connectivity index (χ4v) is 3.54. The molecular formula is C18H30N2. The van der Waals surface area contributed by atoms with E-state index in [0.29, 0.717) is 12.0 Å². The van der Waals surface area contributed by atoms with E-state index in [1.165, 1.54) is 42.4 Å². The van der Waals surface area contributed by atoms with E-state index in [4.69, 9.17) is 5.73 Å². The van der Waals surface area contributed by atoms with Crippen molar-refractivity contribution in [3.05, 3.63) is 34.9 Å². The van der Waals surface area contributed by atoms with Gasteiger partial charge in [0.05, 0.1) is 0 Å². The summed E-state index contributed by atoms with van der Waals surface area (Å²) in [6, 6.07) is 7.56. The second kappa shape index (κ2) is 7.24. The second-order valence-electron chi connectivity index (χ2n) is 6.33. The summed E-state index contributed by atoms with van der Waals surface area (Å²) in [7, 11) is 0. The molecule has 0 heterocycles. The van der Waals surface area contributed by atoms with Gasteiger partial charge in [0.15, 0.2) is 0 Å². The first-order chi connectivity index (χ1) is 9.65. The summed E-state index contributed by atoms with van der Waals surface area (Å²) in [6.07, 6.45) is 5.36. The molecule has 2 unspecified atom stereocenters. The molecule has 2 rings (SSSR count). The van der Waals surface area contributed by atoms with Crippen molar-refractivity contribution >= 4 is 0 Å². The Morgan fingerprint density at radius 1 is 1.15 bits per heavy atom. The maximum Gasteiger partial charge on any atom is 0.0236 e. The Hall–Kier alpha value is -0.860. The molecule has 1 aromatic carbocycles. The lowest BCUT2D eigenvalue weighted by molar-refractivity contribution is 0.105. The van der Waals surface area contributed by atoms with E-state index < -0.39 is 0 Å². The second-order valence-corrected chi connectivity index (χ2v) is 6.33. The molecule has 0 amide bonds. The zero-order chi connectivity index (χ0) is 14.5. The van der Waals surface area contributed by atoms with Crippen molar-refractivity contribution in [1.82, 2.24) is 4.90 Å². The van der Waals surface area contributed by atoms with E-state index in [2.05, 4.69) is 43.9 Å². The van der Waals surface area contributed by atoms with Crippen LogP contribution in [0, 0.1) is 19.8 Å². The van der Waals surface area contributed by atoms with Gasteiger partial charge in [-0.15, -0.1) is 0 Å². The van der Waals surface area contributed by atoms with Gasteiger partial charge in [-0.05, 0) is 62.4 Å². The van der Waals surface area contributed by atoms with Crippen LogP contribution in [0.3, 0.4) is 0 Å². The SMILES string of the molecule is CCN(Cc1ccc(C)c(C)c1)C1CCCCC1CN. The van der Waals surface area contributed by atoms with E-state index in [0.717, 1.165) is 19.6 Å². The normalized spacial score (nSPS) is 23.2. The topological polar surface area (TPSA) is 29.3 Å². The highest BCUT2D eigenvalue weighted by atomic mass is 15.2. The molecule has 112 valence electrons. The standard InChI is InChI=1S/C18H30N2/c1-4-20(18-8-6-5-7-17(18)12-19)13-16-10-9-14(2)15(3)11-16/h9-11,17-18H,4-8,12-13,19H2,1-3H3. The zero-order valence-electron chi connectivity index (χ0n) is 13.4. The summed E-state index contributed by atoms with van der Waals surface area (Å²) in [4.78, 5) is 2.64. The predicted molar refractivity (Wildman–Crippen MR) is 86.8 cm³/mol. The van der Waals surface area contributed by atoms with Crippen LogP contribution in [-0.4, -0.2) is 24.0 Å². The molecule has 2 heteroatoms. The Morgan fingerprint density at radius 3 is 2.55 bits per heavy atom. The minimum Gasteiger partial charge on any atom is -0.330 e. The molecular weight excluding hydrogens is 244 g/mol. The van der Waals surface area contributed by atoms with Gasteiger partial charge in [-0.2, -0.15) is 0 Å². The van der Waals surface area contributed by atoms with Gasteiger partial charge >= 0.3 is 0 Å². The summed E-state index contributed by atoms with van der Waals surface area (Å²) in [5.41, 5.74) is 10.2. The quantitative estimate of drug-likeness (QED) is 0.888. The van der Waals surface area contributed by atoms with Crippen molar-refractivity contribution in [2.75, 3.05) is 13.1 Å². The summed E-state index contributed by atoms with van der Waals surface area (Å²) < 4.78 is 0. The van der Waals surface area contributed by atoms with Crippen molar-refractivity contribution in [3.8, 4) is 0 Å². The van der Waals surface area contributed by atoms with Crippen LogP contribution in [0.4, 0.5) is 0 Å². The summed E-state index contributed by atoms with van der Waals surface area (Å²) in [6.45, 7) is 9.70. The van der Waals surface area contributed by atoms with Gasteiger partial charge in [-0.1, -0.05) is 38.0 Å². The first-order valence-corrected chi connectivity index (χ1v) is 8.16. The lowest BCUT2D eigenvalue weighted by atomic mass is 9.83. The Balaban J connectivity index is 2.09. The molecule has 2 N–H and O–H groups in total. The summed E-state index contributed by atoms with van der Waals surface area (Å²) in [5.74, 6) is 0.690. The third-order valence-corrected chi connectivity index (χ3v) is 5.00. The van der Waals surface area contributed by atoms with Crippen molar-refractivity contribution in [3.63, 3.8) is 0 Å². The largest absolute Gasteiger partial charge is 0.330 e. The van der Waals surface area contributed by atoms with Crippen molar-refractivity contribution in [1.29, 1.82) is 0 Å². The van der Waals surface area contributed by atoms with E-state index in [9.17, 15) is 0 Å². The number of nitrogens with zero attached hydrogens (tertiary/aromatic N) is 1. The van der Waals surface area contributed by atoms with Crippen LogP contribution in [0.2, 0.25) is 0 Å². The minimum absolute atomic E-state index is 0.681. The van der Waals surface area contributed by atoms with E-state index in [-0.39, 0.29) is 0 Å². The number of aryl methyl sites for hydroxylation is 2. The number of hydrogen-bond acceptors (Lipinski definition) is 2. The number of nitrogens with two attached hydrogens (primary N) is 1. The molecule has 0 aliphatic heterocycles. The van der Waals surface area contributed by atoms with E-state index in [1.807, 2.05) is 0 Å². The first-order valence-electron chi connectivity index (χ1n) is 8.16. The molecule has 0 aromatic heterocycles. The third-order valence-electron chi connectivity index (χ3n) is 5.00. The summed E-state index contributed by atoms with van der Waals surface area (Å²) in [5, 5.41) is 0. The monoisotopic (exact) mass is 274 g/mol. The van der Waals surface area contributed by atoms with Crippen LogP contribution in [0.5, 0.6) is 0 Å². The highest BCUT2D eigenvalue weighted by molar-refractivity contribution is 5.29. The minimum atomic E-state index is 0.681. The van der Waals surface area contributed by atoms with Crippen LogP contribution in [0.15, 0.2) is 18.2 Å². The number of rotatable bonds is 5. The molecule has 0 radical (unpaired) electrons. The smallest absolute Gasteiger partial charge is 0.0236 e. The molecule has 0 spiro atoms. The van der Waals surface area contributed by atoms with Gasteiger partial charge in [0.25, 0.3) is 0 Å². The highest BCUT2D eigenvalue weighted by Crippen LogP contribution is 2.29. The van der Waals surface area contributed by atoms with E-state index in [1.54, 1.807) is 0 Å². The van der Waals surface area contributed by atoms with Gasteiger partial charge in [-0.3, -0.25) is 4.90 Å². The van der Waals surface area contributed by atoms with Gasteiger partial charge in [0.1, 0.15) is 0 Å². The molecule has 2 atom stereocenters. The summed E-state index contributed by atoms with van der Waals surface area (Å²) >= 11 is 0. The lowest BCUT2D eigenvalue weighted by Crippen LogP contribution is -2.44. The zero-order valence-corrected chi connectivity index (χ0v) is 13.4. The molecule has 0 saturated heterocycles. The molecule has 1 saturated carbocycles. The van der Waals surface area contributed by atoms with Gasteiger partial charge in [0.2, 0.25) is 0 Å². The Kier molecular flexibility index (Phi) is 5.62. The van der Waals surface area contributed by atoms with Crippen LogP contribution in [0.25, 0.3) is 0 Å². The average Bonchev–Trinajstić information content (AvgIpc) is 2.48. The molecule has 20 heavy (non-hydrogen) atoms. The molecule has 2 nitrogen and oxygen atoms in total. The van der Waals surface area contributed by atoms with Crippen molar-refractivity contribution in [2.24, 2.45) is 11.7 Å². The van der Waals surface area contributed by atoms with Crippen LogP contribution in [-0.2, 0) is 6.54 Å². The first kappa shape index (κ1) is 15.5. The molecule has 1 aromatic rings. The van der Waals surface area contributed by atoms with Crippen LogP contribution >= 0.6 is 0 Å². The number of hydrogen-bond donors (Lipinski definition) is 1.